The van der Waals surface area contributed by atoms with E-state index in [1.165, 1.54) is 19.2 Å². The van der Waals surface area contributed by atoms with Gasteiger partial charge >= 0.3 is 0 Å². The average molecular weight is 436 g/mol. The number of ether oxygens (including phenoxy) is 1. The van der Waals surface area contributed by atoms with Gasteiger partial charge in [0.25, 0.3) is 0 Å². The first-order chi connectivity index (χ1) is 14.2. The van der Waals surface area contributed by atoms with E-state index in [2.05, 4.69) is 4.90 Å². The molecule has 0 bridgehead atoms. The molecule has 1 amide bonds. The van der Waals surface area contributed by atoms with Gasteiger partial charge in [0.15, 0.2) is 0 Å². The summed E-state index contributed by atoms with van der Waals surface area (Å²) in [5.41, 5.74) is 1.30. The third-order valence-corrected chi connectivity index (χ3v) is 6.42. The van der Waals surface area contributed by atoms with E-state index >= 15 is 0 Å². The van der Waals surface area contributed by atoms with E-state index < -0.39 is 16.1 Å². The minimum atomic E-state index is -3.68. The Kier molecular flexibility index (Phi) is 6.50. The van der Waals surface area contributed by atoms with E-state index in [-0.39, 0.29) is 11.7 Å². The second kappa shape index (κ2) is 8.91. The number of carbonyl (C=O) groups excluding carboxylic acids is 1. The van der Waals surface area contributed by atoms with Crippen molar-refractivity contribution < 1.29 is 22.3 Å². The molecule has 2 aromatic carbocycles. The number of carbonyl (C=O) groups is 1. The number of rotatable bonds is 6. The molecule has 0 N–H and O–H groups in total. The molecule has 2 aromatic rings. The number of piperazine rings is 1. The summed E-state index contributed by atoms with van der Waals surface area (Å²) in [7, 11) is -2.15. The Morgan fingerprint density at radius 2 is 1.60 bits per heavy atom. The van der Waals surface area contributed by atoms with E-state index in [1.807, 2.05) is 0 Å². The van der Waals surface area contributed by atoms with Gasteiger partial charge in [-0.2, -0.15) is 0 Å². The lowest BCUT2D eigenvalue weighted by Gasteiger charge is -2.39. The Morgan fingerprint density at radius 1 is 1.03 bits per heavy atom. The van der Waals surface area contributed by atoms with Gasteiger partial charge in [0.2, 0.25) is 15.9 Å². The van der Waals surface area contributed by atoms with Crippen LogP contribution in [0, 0.1) is 5.82 Å². The normalized spacial score (nSPS) is 15.6. The summed E-state index contributed by atoms with van der Waals surface area (Å²) in [6, 6.07) is 11.9. The monoisotopic (exact) mass is 435 g/mol. The molecule has 0 aliphatic carbocycles. The fourth-order valence-electron chi connectivity index (χ4n) is 3.63. The number of hydrogen-bond acceptors (Lipinski definition) is 5. The van der Waals surface area contributed by atoms with Gasteiger partial charge in [-0.05, 0) is 55.5 Å². The van der Waals surface area contributed by atoms with Crippen molar-refractivity contribution in [3.63, 3.8) is 0 Å². The summed E-state index contributed by atoms with van der Waals surface area (Å²) in [5.74, 6) is 0.0545. The highest BCUT2D eigenvalue weighted by atomic mass is 32.2. The minimum Gasteiger partial charge on any atom is -0.497 e. The molecule has 0 saturated carbocycles. The summed E-state index contributed by atoms with van der Waals surface area (Å²) >= 11 is 0. The number of sulfonamides is 1. The second-order valence-electron chi connectivity index (χ2n) is 7.22. The van der Waals surface area contributed by atoms with Crippen LogP contribution in [0.1, 0.15) is 6.92 Å². The van der Waals surface area contributed by atoms with Crippen LogP contribution >= 0.6 is 0 Å². The number of amides is 1. The van der Waals surface area contributed by atoms with Crippen LogP contribution in [-0.2, 0) is 14.8 Å². The van der Waals surface area contributed by atoms with Crippen molar-refractivity contribution in [2.75, 3.05) is 48.7 Å². The maximum absolute atomic E-state index is 13.1. The predicted octanol–water partition coefficient (Wildman–Crippen LogP) is 2.34. The molecular formula is C21H26FN3O4S. The van der Waals surface area contributed by atoms with Crippen LogP contribution in [0.5, 0.6) is 5.75 Å². The fourth-order valence-corrected chi connectivity index (χ4v) is 4.80. The molecule has 1 unspecified atom stereocenters. The zero-order chi connectivity index (χ0) is 21.9. The van der Waals surface area contributed by atoms with Gasteiger partial charge < -0.3 is 14.5 Å². The van der Waals surface area contributed by atoms with Crippen LogP contribution in [0.4, 0.5) is 15.8 Å². The average Bonchev–Trinajstić information content (AvgIpc) is 2.73. The Labute approximate surface area is 176 Å². The van der Waals surface area contributed by atoms with Crippen molar-refractivity contribution in [3.8, 4) is 5.75 Å². The van der Waals surface area contributed by atoms with Crippen molar-refractivity contribution in [3.05, 3.63) is 54.3 Å². The zero-order valence-electron chi connectivity index (χ0n) is 17.3. The Bertz CT molecular complexity index is 972. The lowest BCUT2D eigenvalue weighted by atomic mass is 10.2. The molecule has 1 fully saturated rings. The largest absolute Gasteiger partial charge is 0.497 e. The fraction of sp³-hybridized carbons (Fsp3) is 0.381. The molecular weight excluding hydrogens is 409 g/mol. The standard InChI is InChI=1S/C21H26FN3O4S/c1-16(25(30(3,27)28)19-8-10-20(29-2)11-9-19)21(26)24-14-12-23(13-15-24)18-6-4-17(22)5-7-18/h4-11,16H,12-15H2,1-3H3. The summed E-state index contributed by atoms with van der Waals surface area (Å²) in [4.78, 5) is 16.8. The van der Waals surface area contributed by atoms with Crippen LogP contribution in [0.3, 0.4) is 0 Å². The van der Waals surface area contributed by atoms with Crippen molar-refractivity contribution in [2.24, 2.45) is 0 Å². The quantitative estimate of drug-likeness (QED) is 0.697. The molecule has 7 nitrogen and oxygen atoms in total. The Balaban J connectivity index is 1.71. The van der Waals surface area contributed by atoms with E-state index in [0.29, 0.717) is 37.6 Å². The molecule has 1 heterocycles. The number of benzene rings is 2. The molecule has 3 rings (SSSR count). The van der Waals surface area contributed by atoms with Gasteiger partial charge in [-0.1, -0.05) is 0 Å². The summed E-state index contributed by atoms with van der Waals surface area (Å²) in [6.07, 6.45) is 1.09. The SMILES string of the molecule is COc1ccc(N(C(C)C(=O)N2CCN(c3ccc(F)cc3)CC2)S(C)(=O)=O)cc1. The third-order valence-electron chi connectivity index (χ3n) is 5.18. The Morgan fingerprint density at radius 3 is 2.10 bits per heavy atom. The maximum atomic E-state index is 13.1. The zero-order valence-corrected chi connectivity index (χ0v) is 18.1. The highest BCUT2D eigenvalue weighted by molar-refractivity contribution is 7.92. The molecule has 9 heteroatoms. The summed E-state index contributed by atoms with van der Waals surface area (Å²) in [5, 5.41) is 0. The number of anilines is 2. The Hall–Kier alpha value is -2.81. The second-order valence-corrected chi connectivity index (χ2v) is 9.08. The number of hydrogen-bond donors (Lipinski definition) is 0. The number of nitrogens with zero attached hydrogens (tertiary/aromatic N) is 3. The summed E-state index contributed by atoms with van der Waals surface area (Å²) < 4.78 is 44.3. The van der Waals surface area contributed by atoms with E-state index in [9.17, 15) is 17.6 Å². The lowest BCUT2D eigenvalue weighted by molar-refractivity contribution is -0.132. The van der Waals surface area contributed by atoms with Crippen molar-refractivity contribution in [1.29, 1.82) is 0 Å². The molecule has 1 aliphatic heterocycles. The highest BCUT2D eigenvalue weighted by Crippen LogP contribution is 2.25. The minimum absolute atomic E-state index is 0.255. The first-order valence-corrected chi connectivity index (χ1v) is 11.5. The van der Waals surface area contributed by atoms with Crippen molar-refractivity contribution >= 4 is 27.3 Å². The van der Waals surface area contributed by atoms with Gasteiger partial charge in [-0.25, -0.2) is 12.8 Å². The van der Waals surface area contributed by atoms with Gasteiger partial charge in [-0.15, -0.1) is 0 Å². The molecule has 0 radical (unpaired) electrons. The summed E-state index contributed by atoms with van der Waals surface area (Å²) in [6.45, 7) is 3.69. The van der Waals surface area contributed by atoms with Crippen LogP contribution < -0.4 is 13.9 Å². The first-order valence-electron chi connectivity index (χ1n) is 9.63. The van der Waals surface area contributed by atoms with Crippen LogP contribution in [0.25, 0.3) is 0 Å². The van der Waals surface area contributed by atoms with Crippen LogP contribution in [0.2, 0.25) is 0 Å². The molecule has 30 heavy (non-hydrogen) atoms. The molecule has 0 spiro atoms. The lowest BCUT2D eigenvalue weighted by Crippen LogP contribution is -2.55. The van der Waals surface area contributed by atoms with Crippen LogP contribution in [-0.4, -0.2) is 64.8 Å². The van der Waals surface area contributed by atoms with Gasteiger partial charge in [0.1, 0.15) is 17.6 Å². The van der Waals surface area contributed by atoms with E-state index in [4.69, 9.17) is 4.74 Å². The van der Waals surface area contributed by atoms with E-state index in [1.54, 1.807) is 48.2 Å². The molecule has 0 aromatic heterocycles. The van der Waals surface area contributed by atoms with Crippen LogP contribution in [0.15, 0.2) is 48.5 Å². The van der Waals surface area contributed by atoms with Gasteiger partial charge in [-0.3, -0.25) is 9.10 Å². The van der Waals surface area contributed by atoms with Crippen molar-refractivity contribution in [2.45, 2.75) is 13.0 Å². The molecule has 1 aliphatic rings. The number of halogens is 1. The first kappa shape index (κ1) is 21.9. The molecule has 1 saturated heterocycles. The van der Waals surface area contributed by atoms with Gasteiger partial charge in [0, 0.05) is 31.9 Å². The van der Waals surface area contributed by atoms with E-state index in [0.717, 1.165) is 16.2 Å². The third kappa shape index (κ3) is 4.84. The number of methoxy groups -OCH3 is 1. The van der Waals surface area contributed by atoms with Crippen molar-refractivity contribution in [1.82, 2.24) is 4.90 Å². The predicted molar refractivity (Wildman–Crippen MR) is 115 cm³/mol. The maximum Gasteiger partial charge on any atom is 0.246 e. The molecule has 162 valence electrons. The van der Waals surface area contributed by atoms with Gasteiger partial charge in [0.05, 0.1) is 19.1 Å². The topological polar surface area (TPSA) is 70.2 Å². The highest BCUT2D eigenvalue weighted by Gasteiger charge is 2.33. The smallest absolute Gasteiger partial charge is 0.246 e. The molecule has 1 atom stereocenters.